The highest BCUT2D eigenvalue weighted by Crippen LogP contribution is 2.32. The minimum Gasteiger partial charge on any atom is -0.456 e. The highest BCUT2D eigenvalue weighted by Gasteiger charge is 2.41. The van der Waals surface area contributed by atoms with Crippen molar-refractivity contribution in [3.63, 3.8) is 0 Å². The number of carbonyl (C=O) groups is 3. The van der Waals surface area contributed by atoms with Gasteiger partial charge in [0.2, 0.25) is 11.8 Å². The van der Waals surface area contributed by atoms with Crippen LogP contribution in [0.5, 0.6) is 0 Å². The van der Waals surface area contributed by atoms with Crippen molar-refractivity contribution in [2.45, 2.75) is 57.8 Å². The fourth-order valence-corrected chi connectivity index (χ4v) is 5.08. The molecule has 174 valence electrons. The van der Waals surface area contributed by atoms with E-state index in [0.717, 1.165) is 0 Å². The molecule has 3 rings (SSSR count). The lowest BCUT2D eigenvalue weighted by molar-refractivity contribution is -0.153. The van der Waals surface area contributed by atoms with Crippen LogP contribution in [0.25, 0.3) is 0 Å². The third-order valence-corrected chi connectivity index (χ3v) is 7.17. The molecule has 0 fully saturated rings. The third-order valence-electron chi connectivity index (χ3n) is 5.04. The van der Waals surface area contributed by atoms with Crippen LogP contribution in [0.15, 0.2) is 22.5 Å². The van der Waals surface area contributed by atoms with Crippen molar-refractivity contribution < 1.29 is 24.2 Å². The zero-order valence-electron chi connectivity index (χ0n) is 18.3. The lowest BCUT2D eigenvalue weighted by atomic mass is 10.0. The van der Waals surface area contributed by atoms with E-state index in [2.05, 4.69) is 20.6 Å². The normalized spacial score (nSPS) is 27.3. The number of rotatable bonds is 4. The molecule has 0 aromatic carbocycles. The van der Waals surface area contributed by atoms with Gasteiger partial charge in [0.15, 0.2) is 0 Å². The monoisotopic (exact) mass is 480 g/mol. The zero-order chi connectivity index (χ0) is 23.3. The Morgan fingerprint density at radius 1 is 1.38 bits per heavy atom. The number of ether oxygens (including phenoxy) is 1. The van der Waals surface area contributed by atoms with Crippen molar-refractivity contribution in [2.75, 3.05) is 12.4 Å². The van der Waals surface area contributed by atoms with E-state index < -0.39 is 23.7 Å². The van der Waals surface area contributed by atoms with E-state index in [1.807, 2.05) is 19.2 Å². The second kappa shape index (κ2) is 10.6. The molecule has 0 saturated heterocycles. The number of fused-ring (bicyclic) bond motifs is 4. The van der Waals surface area contributed by atoms with Gasteiger partial charge in [-0.2, -0.15) is 0 Å². The maximum Gasteiger partial charge on any atom is 0.329 e. The average Bonchev–Trinajstić information content (AvgIpc) is 3.37. The Morgan fingerprint density at radius 2 is 2.16 bits per heavy atom. The van der Waals surface area contributed by atoms with Gasteiger partial charge in [-0.05, 0) is 25.3 Å². The van der Waals surface area contributed by atoms with Gasteiger partial charge in [0.05, 0.1) is 13.0 Å². The smallest absolute Gasteiger partial charge is 0.329 e. The van der Waals surface area contributed by atoms with E-state index in [1.165, 1.54) is 23.1 Å². The number of aliphatic hydroxyl groups is 1. The van der Waals surface area contributed by atoms with Gasteiger partial charge < -0.3 is 20.5 Å². The summed E-state index contributed by atoms with van der Waals surface area (Å²) in [5, 5.41) is 17.9. The Bertz CT molecular complexity index is 929. The number of hydrogen-bond acceptors (Lipinski definition) is 9. The van der Waals surface area contributed by atoms with E-state index in [4.69, 9.17) is 9.84 Å². The summed E-state index contributed by atoms with van der Waals surface area (Å²) < 4.78 is 5.59. The molecule has 3 heterocycles. The molecule has 0 saturated carbocycles. The first-order valence-electron chi connectivity index (χ1n) is 10.4. The number of nitrogens with zero attached hydrogens (tertiary/aromatic N) is 2. The minimum absolute atomic E-state index is 0.0560. The van der Waals surface area contributed by atoms with Crippen LogP contribution in [0.2, 0.25) is 0 Å². The van der Waals surface area contributed by atoms with Crippen molar-refractivity contribution in [2.24, 2.45) is 10.9 Å². The number of aromatic nitrogens is 1. The second-order valence-corrected chi connectivity index (χ2v) is 10.1. The minimum atomic E-state index is -1.02. The van der Waals surface area contributed by atoms with Crippen molar-refractivity contribution in [3.05, 3.63) is 28.2 Å². The molecule has 2 aliphatic heterocycles. The van der Waals surface area contributed by atoms with Crippen LogP contribution in [0.1, 0.15) is 44.3 Å². The molecule has 2 amide bonds. The molecule has 4 bridgehead atoms. The molecule has 11 heteroatoms. The summed E-state index contributed by atoms with van der Waals surface area (Å²) in [6.07, 6.45) is 2.72. The van der Waals surface area contributed by atoms with E-state index in [0.29, 0.717) is 27.9 Å². The summed E-state index contributed by atoms with van der Waals surface area (Å²) >= 11 is 2.85. The number of aliphatic hydroxyl groups excluding tert-OH is 1. The van der Waals surface area contributed by atoms with Crippen LogP contribution in [0.3, 0.4) is 0 Å². The lowest BCUT2D eigenvalue weighted by Crippen LogP contribution is -2.53. The topological polar surface area (TPSA) is 130 Å². The highest BCUT2D eigenvalue weighted by atomic mass is 32.2. The Hall–Kier alpha value is -2.24. The van der Waals surface area contributed by atoms with Gasteiger partial charge in [0, 0.05) is 17.7 Å². The summed E-state index contributed by atoms with van der Waals surface area (Å²) in [7, 11) is 0. The van der Waals surface area contributed by atoms with Gasteiger partial charge in [-0.3, -0.25) is 14.6 Å². The standard InChI is InChI=1S/C21H28N4O5S2/c1-12(2)17-19(28)30-13(6-4-5-7-26)8-15(27)22-9-16-23-14(10-31-16)18-25-21(3,11-32-18)20(29)24-17/h4,6,10,12-13,17,26H,5,7-9,11H2,1-3H3,(H,22,27)(H,24,29)/b6-4+/t13-,17+,21+/m1/s1. The lowest BCUT2D eigenvalue weighted by Gasteiger charge is -2.27. The van der Waals surface area contributed by atoms with Crippen LogP contribution in [0.4, 0.5) is 0 Å². The van der Waals surface area contributed by atoms with Crippen LogP contribution in [-0.2, 0) is 25.7 Å². The van der Waals surface area contributed by atoms with Gasteiger partial charge in [-0.1, -0.05) is 19.9 Å². The average molecular weight is 481 g/mol. The maximum atomic E-state index is 13.1. The number of aliphatic imine (C=N–C) groups is 1. The van der Waals surface area contributed by atoms with Gasteiger partial charge in [-0.15, -0.1) is 23.1 Å². The highest BCUT2D eigenvalue weighted by molar-refractivity contribution is 8.14. The molecule has 0 aliphatic carbocycles. The quantitative estimate of drug-likeness (QED) is 0.439. The molecule has 1 aromatic heterocycles. The van der Waals surface area contributed by atoms with E-state index >= 15 is 0 Å². The SMILES string of the molecule is CC(C)[C@@H]1NC(=O)[C@]2(C)CSC(=N2)c2csc(n2)CNC(=O)C[C@@H](/C=C/CCO)OC1=O. The first-order valence-corrected chi connectivity index (χ1v) is 12.3. The molecule has 32 heavy (non-hydrogen) atoms. The Labute approximate surface area is 195 Å². The number of thiazole rings is 1. The molecular weight excluding hydrogens is 452 g/mol. The molecule has 1 aromatic rings. The maximum absolute atomic E-state index is 13.1. The van der Waals surface area contributed by atoms with E-state index in [9.17, 15) is 14.4 Å². The number of nitrogens with one attached hydrogen (secondary N) is 2. The van der Waals surface area contributed by atoms with Crippen molar-refractivity contribution >= 4 is 45.9 Å². The Morgan fingerprint density at radius 3 is 2.88 bits per heavy atom. The number of thioether (sulfide) groups is 1. The van der Waals surface area contributed by atoms with Crippen molar-refractivity contribution in [3.8, 4) is 0 Å². The predicted molar refractivity (Wildman–Crippen MR) is 123 cm³/mol. The van der Waals surface area contributed by atoms with Crippen molar-refractivity contribution in [1.82, 2.24) is 15.6 Å². The van der Waals surface area contributed by atoms with Gasteiger partial charge in [-0.25, -0.2) is 9.78 Å². The number of cyclic esters (lactones) is 1. The molecule has 2 aliphatic rings. The first kappa shape index (κ1) is 24.4. The molecule has 9 nitrogen and oxygen atoms in total. The van der Waals surface area contributed by atoms with Gasteiger partial charge in [0.25, 0.3) is 0 Å². The molecule has 0 spiro atoms. The second-order valence-electron chi connectivity index (χ2n) is 8.20. The fraction of sp³-hybridized carbons (Fsp3) is 0.571. The third kappa shape index (κ3) is 5.96. The van der Waals surface area contributed by atoms with E-state index in [1.54, 1.807) is 19.1 Å². The summed E-state index contributed by atoms with van der Waals surface area (Å²) in [6.45, 7) is 5.55. The van der Waals surface area contributed by atoms with Gasteiger partial charge in [0.1, 0.15) is 33.4 Å². The van der Waals surface area contributed by atoms with Crippen LogP contribution in [-0.4, -0.2) is 63.0 Å². The summed E-state index contributed by atoms with van der Waals surface area (Å²) in [5.41, 5.74) is -0.347. The zero-order valence-corrected chi connectivity index (χ0v) is 19.9. The molecule has 3 N–H and O–H groups in total. The fourth-order valence-electron chi connectivity index (χ4n) is 3.15. The largest absolute Gasteiger partial charge is 0.456 e. The molecule has 3 atom stereocenters. The summed E-state index contributed by atoms with van der Waals surface area (Å²) in [5.74, 6) is -1.07. The molecule has 0 radical (unpaired) electrons. The van der Waals surface area contributed by atoms with Crippen LogP contribution in [0, 0.1) is 5.92 Å². The Kier molecular flexibility index (Phi) is 8.07. The molecule has 0 unspecified atom stereocenters. The number of carbonyl (C=O) groups excluding carboxylic acids is 3. The van der Waals surface area contributed by atoms with Crippen LogP contribution >= 0.6 is 23.1 Å². The number of hydrogen-bond donors (Lipinski definition) is 3. The van der Waals surface area contributed by atoms with Crippen LogP contribution < -0.4 is 10.6 Å². The number of esters is 1. The number of amides is 2. The van der Waals surface area contributed by atoms with Crippen molar-refractivity contribution in [1.29, 1.82) is 0 Å². The Balaban J connectivity index is 1.92. The van der Waals surface area contributed by atoms with E-state index in [-0.39, 0.29) is 37.3 Å². The molecular formula is C21H28N4O5S2. The van der Waals surface area contributed by atoms with Gasteiger partial charge >= 0.3 is 5.97 Å². The predicted octanol–water partition coefficient (Wildman–Crippen LogP) is 1.41. The first-order chi connectivity index (χ1) is 15.2. The summed E-state index contributed by atoms with van der Waals surface area (Å²) in [4.78, 5) is 47.7. The summed E-state index contributed by atoms with van der Waals surface area (Å²) in [6, 6.07) is -0.890.